The Morgan fingerprint density at radius 2 is 1.89 bits per heavy atom. The molecule has 0 unspecified atom stereocenters. The van der Waals surface area contributed by atoms with Gasteiger partial charge in [0.05, 0.1) is 35.6 Å². The summed E-state index contributed by atoms with van der Waals surface area (Å²) in [5.74, 6) is -1.69. The maximum absolute atomic E-state index is 12.4. The number of amides is 3. The van der Waals surface area contributed by atoms with Gasteiger partial charge in [-0.2, -0.15) is 10.2 Å². The summed E-state index contributed by atoms with van der Waals surface area (Å²) in [5, 5.41) is 15.4. The van der Waals surface area contributed by atoms with E-state index in [1.54, 1.807) is 23.0 Å². The van der Waals surface area contributed by atoms with E-state index in [0.717, 1.165) is 10.0 Å². The molecule has 0 aliphatic heterocycles. The number of aromatic amines is 1. The van der Waals surface area contributed by atoms with Crippen LogP contribution >= 0.6 is 15.9 Å². The number of nitrogens with two attached hydrogens (primary N) is 1. The molecule has 0 radical (unpaired) electrons. The van der Waals surface area contributed by atoms with E-state index in [2.05, 4.69) is 41.9 Å². The molecule has 144 valence electrons. The summed E-state index contributed by atoms with van der Waals surface area (Å²) in [6, 6.07) is 6.99. The van der Waals surface area contributed by atoms with Gasteiger partial charge in [0.25, 0.3) is 11.8 Å². The van der Waals surface area contributed by atoms with Crippen LogP contribution in [0.2, 0.25) is 0 Å². The summed E-state index contributed by atoms with van der Waals surface area (Å²) >= 11 is 3.34. The molecule has 3 rings (SSSR count). The number of anilines is 1. The summed E-state index contributed by atoms with van der Waals surface area (Å²) < 4.78 is 2.65. The SMILES string of the molecule is NC(=O)CNC(=O)c1[nH]ncc1NC(=O)c1ccc(Cn2cc(Br)cn2)cc1. The molecule has 0 spiro atoms. The molecule has 0 bridgehead atoms. The van der Waals surface area contributed by atoms with Crippen LogP contribution in [0.4, 0.5) is 5.69 Å². The number of carbonyl (C=O) groups is 3. The van der Waals surface area contributed by atoms with Crippen molar-refractivity contribution in [2.75, 3.05) is 11.9 Å². The number of nitrogens with zero attached hydrogens (tertiary/aromatic N) is 3. The van der Waals surface area contributed by atoms with Crippen LogP contribution in [0.5, 0.6) is 0 Å². The van der Waals surface area contributed by atoms with Crippen LogP contribution in [0.25, 0.3) is 0 Å². The Morgan fingerprint density at radius 1 is 1.14 bits per heavy atom. The van der Waals surface area contributed by atoms with E-state index in [0.29, 0.717) is 12.1 Å². The monoisotopic (exact) mass is 445 g/mol. The van der Waals surface area contributed by atoms with Gasteiger partial charge in [-0.3, -0.25) is 24.2 Å². The lowest BCUT2D eigenvalue weighted by atomic mass is 10.1. The minimum absolute atomic E-state index is 0.0236. The van der Waals surface area contributed by atoms with Crippen LogP contribution in [0.3, 0.4) is 0 Å². The number of hydrogen-bond acceptors (Lipinski definition) is 5. The van der Waals surface area contributed by atoms with Gasteiger partial charge in [0, 0.05) is 11.8 Å². The predicted octanol–water partition coefficient (Wildman–Crippen LogP) is 0.884. The first kappa shape index (κ1) is 19.3. The Labute approximate surface area is 167 Å². The van der Waals surface area contributed by atoms with Crippen molar-refractivity contribution in [3.05, 3.63) is 64.1 Å². The number of primary amides is 1. The van der Waals surface area contributed by atoms with Crippen molar-refractivity contribution in [1.29, 1.82) is 0 Å². The van der Waals surface area contributed by atoms with E-state index in [4.69, 9.17) is 5.73 Å². The molecule has 2 heterocycles. The van der Waals surface area contributed by atoms with Crippen molar-refractivity contribution in [3.63, 3.8) is 0 Å². The summed E-state index contributed by atoms with van der Waals surface area (Å²) in [6.07, 6.45) is 4.86. The van der Waals surface area contributed by atoms with E-state index in [1.165, 1.54) is 6.20 Å². The van der Waals surface area contributed by atoms with Crippen LogP contribution in [0, 0.1) is 0 Å². The average molecular weight is 446 g/mol. The molecule has 5 N–H and O–H groups in total. The van der Waals surface area contributed by atoms with Gasteiger partial charge in [-0.05, 0) is 33.6 Å². The molecule has 0 atom stereocenters. The van der Waals surface area contributed by atoms with Crippen LogP contribution < -0.4 is 16.4 Å². The van der Waals surface area contributed by atoms with Gasteiger partial charge in [0.2, 0.25) is 5.91 Å². The Morgan fingerprint density at radius 3 is 2.54 bits per heavy atom. The highest BCUT2D eigenvalue weighted by atomic mass is 79.9. The summed E-state index contributed by atoms with van der Waals surface area (Å²) in [7, 11) is 0. The molecule has 28 heavy (non-hydrogen) atoms. The van der Waals surface area contributed by atoms with Crippen molar-refractivity contribution in [1.82, 2.24) is 25.3 Å². The number of benzene rings is 1. The van der Waals surface area contributed by atoms with Gasteiger partial charge in [-0.15, -0.1) is 0 Å². The van der Waals surface area contributed by atoms with Crippen molar-refractivity contribution in [2.45, 2.75) is 6.54 Å². The van der Waals surface area contributed by atoms with E-state index in [1.807, 2.05) is 18.3 Å². The molecular weight excluding hydrogens is 430 g/mol. The molecule has 2 aromatic heterocycles. The van der Waals surface area contributed by atoms with Crippen LogP contribution in [0.15, 0.2) is 47.3 Å². The molecule has 3 aromatic rings. The second kappa shape index (κ2) is 8.48. The third kappa shape index (κ3) is 4.82. The number of rotatable bonds is 7. The zero-order valence-electron chi connectivity index (χ0n) is 14.5. The minimum atomic E-state index is -0.680. The van der Waals surface area contributed by atoms with Crippen LogP contribution in [0.1, 0.15) is 26.4 Å². The van der Waals surface area contributed by atoms with E-state index in [-0.39, 0.29) is 17.9 Å². The molecule has 0 saturated heterocycles. The highest BCUT2D eigenvalue weighted by Crippen LogP contribution is 2.14. The number of H-pyrrole nitrogens is 1. The number of carbonyl (C=O) groups excluding carboxylic acids is 3. The zero-order chi connectivity index (χ0) is 20.1. The smallest absolute Gasteiger partial charge is 0.271 e. The van der Waals surface area contributed by atoms with E-state index >= 15 is 0 Å². The van der Waals surface area contributed by atoms with Gasteiger partial charge >= 0.3 is 0 Å². The second-order valence-corrected chi connectivity index (χ2v) is 6.73. The lowest BCUT2D eigenvalue weighted by Gasteiger charge is -2.07. The number of hydrogen-bond donors (Lipinski definition) is 4. The van der Waals surface area contributed by atoms with Crippen molar-refractivity contribution in [2.24, 2.45) is 5.73 Å². The summed E-state index contributed by atoms with van der Waals surface area (Å²) in [5.41, 5.74) is 6.60. The Kier molecular flexibility index (Phi) is 5.84. The van der Waals surface area contributed by atoms with Gasteiger partial charge in [0.15, 0.2) is 0 Å². The molecule has 0 saturated carbocycles. The van der Waals surface area contributed by atoms with Gasteiger partial charge < -0.3 is 16.4 Å². The average Bonchev–Trinajstić information content (AvgIpc) is 3.29. The van der Waals surface area contributed by atoms with Gasteiger partial charge in [0.1, 0.15) is 5.69 Å². The topological polar surface area (TPSA) is 148 Å². The molecule has 0 aliphatic carbocycles. The number of aromatic nitrogens is 4. The number of nitrogens with one attached hydrogen (secondary N) is 3. The fourth-order valence-electron chi connectivity index (χ4n) is 2.38. The molecule has 11 heteroatoms. The summed E-state index contributed by atoms with van der Waals surface area (Å²) in [4.78, 5) is 35.2. The first-order valence-electron chi connectivity index (χ1n) is 8.10. The van der Waals surface area contributed by atoms with E-state index in [9.17, 15) is 14.4 Å². The van der Waals surface area contributed by atoms with Crippen LogP contribution in [-0.2, 0) is 11.3 Å². The van der Waals surface area contributed by atoms with Crippen LogP contribution in [-0.4, -0.2) is 44.2 Å². The third-order valence-corrected chi connectivity index (χ3v) is 4.11. The van der Waals surface area contributed by atoms with Crippen molar-refractivity contribution < 1.29 is 14.4 Å². The fraction of sp³-hybridized carbons (Fsp3) is 0.118. The standard InChI is InChI=1S/C17H16BrN7O3/c18-12-5-22-25(9-12)8-10-1-3-11(4-2-10)16(27)23-13-6-21-24-15(13)17(28)20-7-14(19)26/h1-6,9H,7-8H2,(H2,19,26)(H,20,28)(H,21,24)(H,23,27). The Hall–Kier alpha value is -3.47. The van der Waals surface area contributed by atoms with Gasteiger partial charge in [-0.25, -0.2) is 0 Å². The van der Waals surface area contributed by atoms with E-state index < -0.39 is 17.7 Å². The zero-order valence-corrected chi connectivity index (χ0v) is 16.1. The summed E-state index contributed by atoms with van der Waals surface area (Å²) in [6.45, 7) is 0.249. The maximum Gasteiger partial charge on any atom is 0.271 e. The molecular formula is C17H16BrN7O3. The lowest BCUT2D eigenvalue weighted by Crippen LogP contribution is -2.34. The molecule has 0 aliphatic rings. The lowest BCUT2D eigenvalue weighted by molar-refractivity contribution is -0.117. The highest BCUT2D eigenvalue weighted by molar-refractivity contribution is 9.10. The van der Waals surface area contributed by atoms with Crippen molar-refractivity contribution >= 4 is 39.3 Å². The largest absolute Gasteiger partial charge is 0.368 e. The molecule has 1 aromatic carbocycles. The Balaban J connectivity index is 1.64. The van der Waals surface area contributed by atoms with Gasteiger partial charge in [-0.1, -0.05) is 12.1 Å². The minimum Gasteiger partial charge on any atom is -0.368 e. The Bertz CT molecular complexity index is 1010. The molecule has 10 nitrogen and oxygen atoms in total. The number of halogens is 1. The molecule has 3 amide bonds. The molecule has 0 fully saturated rings. The maximum atomic E-state index is 12.4. The quantitative estimate of drug-likeness (QED) is 0.426. The van der Waals surface area contributed by atoms with Crippen molar-refractivity contribution in [3.8, 4) is 0 Å². The first-order valence-corrected chi connectivity index (χ1v) is 8.90. The predicted molar refractivity (Wildman–Crippen MR) is 104 cm³/mol. The fourth-order valence-corrected chi connectivity index (χ4v) is 2.71. The third-order valence-electron chi connectivity index (χ3n) is 3.70. The first-order chi connectivity index (χ1) is 13.4. The normalized spacial score (nSPS) is 10.5. The second-order valence-electron chi connectivity index (χ2n) is 5.81. The highest BCUT2D eigenvalue weighted by Gasteiger charge is 2.17.